The van der Waals surface area contributed by atoms with Crippen LogP contribution in [0.15, 0.2) is 47.5 Å². The summed E-state index contributed by atoms with van der Waals surface area (Å²) in [5.74, 6) is -0.556. The van der Waals surface area contributed by atoms with Crippen molar-refractivity contribution in [3.8, 4) is 5.69 Å². The molecule has 0 atom stereocenters. The summed E-state index contributed by atoms with van der Waals surface area (Å²) in [7, 11) is 0. The molecule has 7 heteroatoms. The number of piperidine rings is 1. The molecule has 2 fully saturated rings. The molecule has 0 bridgehead atoms. The van der Waals surface area contributed by atoms with E-state index < -0.39 is 5.91 Å². The Labute approximate surface area is 174 Å². The van der Waals surface area contributed by atoms with Gasteiger partial charge in [0.1, 0.15) is 6.54 Å². The number of aryl methyl sites for hydroxylation is 1. The van der Waals surface area contributed by atoms with Crippen molar-refractivity contribution >= 4 is 34.9 Å². The average Bonchev–Trinajstić information content (AvgIpc) is 3.29. The van der Waals surface area contributed by atoms with Gasteiger partial charge < -0.3 is 9.47 Å². The van der Waals surface area contributed by atoms with Crippen LogP contribution in [0.1, 0.15) is 30.5 Å². The molecular weight excluding hydrogens is 386 g/mol. The molecule has 1 aromatic carbocycles. The van der Waals surface area contributed by atoms with Crippen molar-refractivity contribution in [2.45, 2.75) is 26.2 Å². The van der Waals surface area contributed by atoms with Gasteiger partial charge in [-0.3, -0.25) is 19.3 Å². The van der Waals surface area contributed by atoms with Crippen molar-refractivity contribution in [3.63, 3.8) is 0 Å². The topological polar surface area (TPSA) is 62.6 Å². The second kappa shape index (κ2) is 8.29. The Balaban J connectivity index is 1.54. The normalized spacial score (nSPS) is 18.7. The fourth-order valence-electron chi connectivity index (χ4n) is 3.71. The lowest BCUT2D eigenvalue weighted by Crippen LogP contribution is -2.44. The third-order valence-electron chi connectivity index (χ3n) is 5.31. The van der Waals surface area contributed by atoms with Gasteiger partial charge in [0, 0.05) is 30.7 Å². The minimum Gasteiger partial charge on any atom is -0.341 e. The molecule has 0 radical (unpaired) electrons. The second-order valence-corrected chi connectivity index (χ2v) is 8.29. The summed E-state index contributed by atoms with van der Waals surface area (Å²) in [6.07, 6.45) is 6.72. The zero-order chi connectivity index (χ0) is 20.4. The molecule has 0 N–H and O–H groups in total. The van der Waals surface area contributed by atoms with Crippen LogP contribution in [-0.4, -0.2) is 51.1 Å². The number of amides is 3. The van der Waals surface area contributed by atoms with E-state index in [1.807, 2.05) is 54.1 Å². The van der Waals surface area contributed by atoms with Gasteiger partial charge in [-0.15, -0.1) is 0 Å². The minimum atomic E-state index is -0.400. The van der Waals surface area contributed by atoms with Crippen molar-refractivity contribution in [2.24, 2.45) is 0 Å². The van der Waals surface area contributed by atoms with E-state index in [1.54, 1.807) is 11.0 Å². The van der Waals surface area contributed by atoms with Gasteiger partial charge in [-0.05, 0) is 67.8 Å². The second-order valence-electron chi connectivity index (χ2n) is 7.30. The molecule has 0 aliphatic carbocycles. The van der Waals surface area contributed by atoms with Crippen LogP contribution in [0.3, 0.4) is 0 Å². The third-order valence-corrected chi connectivity index (χ3v) is 6.22. The third kappa shape index (κ3) is 4.00. The van der Waals surface area contributed by atoms with E-state index in [1.165, 1.54) is 0 Å². The number of rotatable bonds is 4. The monoisotopic (exact) mass is 409 g/mol. The molecule has 0 unspecified atom stereocenters. The number of para-hydroxylation sites is 1. The number of thioether (sulfide) groups is 1. The molecule has 2 aromatic rings. The number of nitrogens with zero attached hydrogens (tertiary/aromatic N) is 3. The maximum atomic E-state index is 12.8. The van der Waals surface area contributed by atoms with Crippen molar-refractivity contribution in [3.05, 3.63) is 58.8 Å². The molecule has 0 spiro atoms. The van der Waals surface area contributed by atoms with E-state index in [9.17, 15) is 14.4 Å². The zero-order valence-corrected chi connectivity index (χ0v) is 17.2. The molecule has 0 saturated carbocycles. The molecule has 3 amide bonds. The van der Waals surface area contributed by atoms with Crippen LogP contribution < -0.4 is 0 Å². The zero-order valence-electron chi connectivity index (χ0n) is 16.3. The van der Waals surface area contributed by atoms with Crippen LogP contribution >= 0.6 is 11.8 Å². The van der Waals surface area contributed by atoms with E-state index in [0.717, 1.165) is 52.9 Å². The van der Waals surface area contributed by atoms with Gasteiger partial charge in [-0.2, -0.15) is 0 Å². The largest absolute Gasteiger partial charge is 0.341 e. The number of hydrogen-bond donors (Lipinski definition) is 0. The van der Waals surface area contributed by atoms with Gasteiger partial charge >= 0.3 is 0 Å². The van der Waals surface area contributed by atoms with E-state index in [0.29, 0.717) is 18.0 Å². The molecule has 6 nitrogen and oxygen atoms in total. The maximum absolute atomic E-state index is 12.8. The number of carbonyl (C=O) groups is 3. The summed E-state index contributed by atoms with van der Waals surface area (Å²) in [6, 6.07) is 11.8. The first-order valence-electron chi connectivity index (χ1n) is 9.81. The predicted octanol–water partition coefficient (Wildman–Crippen LogP) is 3.83. The number of likely N-dealkylation sites (tertiary alicyclic amines) is 1. The van der Waals surface area contributed by atoms with E-state index in [-0.39, 0.29) is 17.7 Å². The van der Waals surface area contributed by atoms with Gasteiger partial charge in [0.2, 0.25) is 5.91 Å². The van der Waals surface area contributed by atoms with E-state index >= 15 is 0 Å². The molecule has 2 aliphatic rings. The van der Waals surface area contributed by atoms with Gasteiger partial charge in [-0.1, -0.05) is 18.2 Å². The average molecular weight is 410 g/mol. The smallest absolute Gasteiger partial charge is 0.294 e. The molecule has 4 rings (SSSR count). The van der Waals surface area contributed by atoms with Crippen LogP contribution in [0.25, 0.3) is 11.8 Å². The Morgan fingerprint density at radius 1 is 1.07 bits per heavy atom. The number of imide groups is 1. The fraction of sp³-hybridized carbons (Fsp3) is 0.318. The highest BCUT2D eigenvalue weighted by molar-refractivity contribution is 8.18. The van der Waals surface area contributed by atoms with Gasteiger partial charge in [0.15, 0.2) is 0 Å². The van der Waals surface area contributed by atoms with Crippen molar-refractivity contribution in [1.82, 2.24) is 14.4 Å². The molecular formula is C22H23N3O3S. The Morgan fingerprint density at radius 2 is 1.83 bits per heavy atom. The maximum Gasteiger partial charge on any atom is 0.294 e. The summed E-state index contributed by atoms with van der Waals surface area (Å²) in [5.41, 5.74) is 2.94. The van der Waals surface area contributed by atoms with Crippen LogP contribution in [0.4, 0.5) is 4.79 Å². The first kappa shape index (κ1) is 19.5. The molecule has 150 valence electrons. The van der Waals surface area contributed by atoms with Crippen molar-refractivity contribution < 1.29 is 14.4 Å². The molecule has 2 saturated heterocycles. The van der Waals surface area contributed by atoms with Crippen LogP contribution in [0, 0.1) is 6.92 Å². The SMILES string of the molecule is Cc1ccccc1-n1cccc1/C=C1\SC(=O)N(CC(=O)N2CCCCC2)C1=O. The lowest BCUT2D eigenvalue weighted by molar-refractivity contribution is -0.136. The fourth-order valence-corrected chi connectivity index (χ4v) is 4.54. The van der Waals surface area contributed by atoms with Gasteiger partial charge in [-0.25, -0.2) is 0 Å². The highest BCUT2D eigenvalue weighted by atomic mass is 32.2. The van der Waals surface area contributed by atoms with Crippen LogP contribution in [0.5, 0.6) is 0 Å². The first-order chi connectivity index (χ1) is 14.0. The molecule has 3 heterocycles. The number of aromatic nitrogens is 1. The van der Waals surface area contributed by atoms with E-state index in [4.69, 9.17) is 0 Å². The summed E-state index contributed by atoms with van der Waals surface area (Å²) >= 11 is 0.891. The minimum absolute atomic E-state index is 0.156. The predicted molar refractivity (Wildman–Crippen MR) is 114 cm³/mol. The Bertz CT molecular complexity index is 989. The molecule has 1 aromatic heterocycles. The van der Waals surface area contributed by atoms with Crippen molar-refractivity contribution in [1.29, 1.82) is 0 Å². The highest BCUT2D eigenvalue weighted by Crippen LogP contribution is 2.33. The lowest BCUT2D eigenvalue weighted by atomic mass is 10.1. The molecule has 2 aliphatic heterocycles. The van der Waals surface area contributed by atoms with Crippen LogP contribution in [0.2, 0.25) is 0 Å². The van der Waals surface area contributed by atoms with Gasteiger partial charge in [0.25, 0.3) is 11.1 Å². The van der Waals surface area contributed by atoms with Gasteiger partial charge in [0.05, 0.1) is 4.91 Å². The number of hydrogen-bond acceptors (Lipinski definition) is 4. The molecule has 29 heavy (non-hydrogen) atoms. The quantitative estimate of drug-likeness (QED) is 0.720. The van der Waals surface area contributed by atoms with Crippen LogP contribution in [-0.2, 0) is 9.59 Å². The first-order valence-corrected chi connectivity index (χ1v) is 10.6. The standard InChI is InChI=1S/C22H23N3O3S/c1-16-8-3-4-10-18(16)24-13-7-9-17(24)14-19-21(27)25(22(28)29-19)15-20(26)23-11-5-2-6-12-23/h3-4,7-10,13-14H,2,5-6,11-12,15H2,1H3/b19-14-. The van der Waals surface area contributed by atoms with E-state index in [2.05, 4.69) is 0 Å². The summed E-state index contributed by atoms with van der Waals surface area (Å²) in [6.45, 7) is 3.25. The summed E-state index contributed by atoms with van der Waals surface area (Å²) in [5, 5.41) is -0.388. The number of carbonyl (C=O) groups excluding carboxylic acids is 3. The number of benzene rings is 1. The Kier molecular flexibility index (Phi) is 5.58. The Morgan fingerprint density at radius 3 is 2.59 bits per heavy atom. The Hall–Kier alpha value is -2.80. The lowest BCUT2D eigenvalue weighted by Gasteiger charge is -2.27. The highest BCUT2D eigenvalue weighted by Gasteiger charge is 2.37. The summed E-state index contributed by atoms with van der Waals surface area (Å²) < 4.78 is 1.99. The summed E-state index contributed by atoms with van der Waals surface area (Å²) in [4.78, 5) is 40.9. The van der Waals surface area contributed by atoms with Crippen molar-refractivity contribution in [2.75, 3.05) is 19.6 Å².